The number of rotatable bonds is 1. The van der Waals surface area contributed by atoms with Crippen molar-refractivity contribution in [1.82, 2.24) is 0 Å². The Morgan fingerprint density at radius 1 is 1.08 bits per heavy atom. The first-order valence-corrected chi connectivity index (χ1v) is 9.68. The van der Waals surface area contributed by atoms with Crippen molar-refractivity contribution in [2.24, 2.45) is 27.8 Å². The molecule has 3 nitrogen and oxygen atoms in total. The third kappa shape index (κ3) is 1.85. The maximum Gasteiger partial charge on any atom is 0.0799 e. The minimum Gasteiger partial charge on any atom is -0.411 e. The molecule has 0 unspecified atom stereocenters. The smallest absolute Gasteiger partial charge is 0.0799 e. The van der Waals surface area contributed by atoms with Crippen LogP contribution in [0.5, 0.6) is 0 Å². The van der Waals surface area contributed by atoms with Crippen molar-refractivity contribution in [3.05, 3.63) is 23.3 Å². The number of oxime groups is 1. The lowest BCUT2D eigenvalue weighted by Gasteiger charge is -2.62. The van der Waals surface area contributed by atoms with Crippen molar-refractivity contribution in [2.75, 3.05) is 0 Å². The maximum atomic E-state index is 11.9. The van der Waals surface area contributed by atoms with Gasteiger partial charge in [0.15, 0.2) is 0 Å². The number of hydrogen-bond acceptors (Lipinski definition) is 3. The second-order valence-electron chi connectivity index (χ2n) is 9.10. The fraction of sp³-hybridized carbons (Fsp3) is 0.762. The number of nitrogens with zero attached hydrogens (tertiary/aromatic N) is 1. The Labute approximate surface area is 145 Å². The number of aliphatic hydroxyl groups is 1. The highest BCUT2D eigenvalue weighted by Gasteiger charge is 2.63. The summed E-state index contributed by atoms with van der Waals surface area (Å²) < 4.78 is 0. The third-order valence-electron chi connectivity index (χ3n) is 8.33. The molecular weight excluding hydrogens is 298 g/mol. The van der Waals surface area contributed by atoms with Crippen molar-refractivity contribution in [3.8, 4) is 0 Å². The van der Waals surface area contributed by atoms with Gasteiger partial charge in [-0.05, 0) is 74.7 Å². The van der Waals surface area contributed by atoms with Gasteiger partial charge in [-0.3, -0.25) is 0 Å². The summed E-state index contributed by atoms with van der Waals surface area (Å²) in [4.78, 5) is 0. The molecule has 0 saturated heterocycles. The van der Waals surface area contributed by atoms with Gasteiger partial charge in [0, 0.05) is 5.41 Å². The predicted molar refractivity (Wildman–Crippen MR) is 96.1 cm³/mol. The van der Waals surface area contributed by atoms with Crippen molar-refractivity contribution >= 4 is 5.71 Å². The van der Waals surface area contributed by atoms with Crippen molar-refractivity contribution in [1.29, 1.82) is 0 Å². The number of allylic oxidation sites excluding steroid dienone is 3. The molecule has 3 heteroatoms. The molecule has 4 aliphatic rings. The van der Waals surface area contributed by atoms with Gasteiger partial charge < -0.3 is 10.3 Å². The Hall–Kier alpha value is -1.09. The standard InChI is InChI=1S/C21H31NO2/c1-14(22-24)16-9-10-17-18-8-7-15-6-4-5-11-20(15,3)21(18,23)13-12-19(16,17)2/h7,9,17-18,23-24H,4-6,8,10-13H2,1-3H3/b22-14-/t17-,18-,19+,20-,21+/m0/s1. The van der Waals surface area contributed by atoms with Crippen LogP contribution in [0.4, 0.5) is 0 Å². The second-order valence-corrected chi connectivity index (χ2v) is 9.10. The van der Waals surface area contributed by atoms with Gasteiger partial charge in [-0.1, -0.05) is 43.1 Å². The molecule has 0 radical (unpaired) electrons. The minimum absolute atomic E-state index is 0.0294. The molecule has 0 aliphatic heterocycles. The number of fused-ring (bicyclic) bond motifs is 5. The molecule has 0 bridgehead atoms. The Bertz CT molecular complexity index is 648. The lowest BCUT2D eigenvalue weighted by atomic mass is 9.45. The average Bonchev–Trinajstić information content (AvgIpc) is 2.92. The van der Waals surface area contributed by atoms with Crippen LogP contribution < -0.4 is 0 Å². The van der Waals surface area contributed by atoms with Crippen LogP contribution in [0.25, 0.3) is 0 Å². The summed E-state index contributed by atoms with van der Waals surface area (Å²) in [7, 11) is 0. The van der Waals surface area contributed by atoms with E-state index < -0.39 is 5.60 Å². The van der Waals surface area contributed by atoms with Gasteiger partial charge in [-0.15, -0.1) is 0 Å². The molecule has 2 saturated carbocycles. The molecule has 24 heavy (non-hydrogen) atoms. The molecule has 2 fully saturated rings. The molecule has 132 valence electrons. The zero-order valence-electron chi connectivity index (χ0n) is 15.3. The molecule has 0 aromatic carbocycles. The van der Waals surface area contributed by atoms with Crippen molar-refractivity contribution < 1.29 is 10.3 Å². The topological polar surface area (TPSA) is 52.8 Å². The summed E-state index contributed by atoms with van der Waals surface area (Å²) in [6.45, 7) is 6.56. The van der Waals surface area contributed by atoms with Crippen LogP contribution in [0.1, 0.15) is 72.1 Å². The maximum absolute atomic E-state index is 11.9. The van der Waals surface area contributed by atoms with Crippen LogP contribution in [-0.2, 0) is 0 Å². The van der Waals surface area contributed by atoms with E-state index in [0.717, 1.165) is 37.8 Å². The summed E-state index contributed by atoms with van der Waals surface area (Å²) in [6.07, 6.45) is 13.4. The van der Waals surface area contributed by atoms with Crippen LogP contribution >= 0.6 is 0 Å². The number of hydrogen-bond donors (Lipinski definition) is 2. The molecule has 0 aromatic rings. The lowest BCUT2D eigenvalue weighted by molar-refractivity contribution is -0.176. The molecular formula is C21H31NO2. The summed E-state index contributed by atoms with van der Waals surface area (Å²) in [6, 6.07) is 0. The van der Waals surface area contributed by atoms with Gasteiger partial charge in [0.25, 0.3) is 0 Å². The van der Waals surface area contributed by atoms with Gasteiger partial charge in [0.1, 0.15) is 0 Å². The normalized spacial score (nSPS) is 48.1. The first-order valence-electron chi connectivity index (χ1n) is 9.68. The van der Waals surface area contributed by atoms with E-state index in [9.17, 15) is 10.3 Å². The third-order valence-corrected chi connectivity index (χ3v) is 8.33. The van der Waals surface area contributed by atoms with Gasteiger partial charge in [-0.2, -0.15) is 0 Å². The predicted octanol–water partition coefficient (Wildman–Crippen LogP) is 4.84. The van der Waals surface area contributed by atoms with Crippen molar-refractivity contribution in [3.63, 3.8) is 0 Å². The van der Waals surface area contributed by atoms with E-state index >= 15 is 0 Å². The quantitative estimate of drug-likeness (QED) is 0.313. The highest BCUT2D eigenvalue weighted by molar-refractivity contribution is 5.99. The second kappa shape index (κ2) is 5.20. The molecule has 2 N–H and O–H groups in total. The molecule has 0 heterocycles. The zero-order valence-corrected chi connectivity index (χ0v) is 15.3. The monoisotopic (exact) mass is 329 g/mol. The highest BCUT2D eigenvalue weighted by Crippen LogP contribution is 2.66. The zero-order chi connectivity index (χ0) is 17.2. The van der Waals surface area contributed by atoms with E-state index in [2.05, 4.69) is 31.2 Å². The first kappa shape index (κ1) is 16.4. The lowest BCUT2D eigenvalue weighted by Crippen LogP contribution is -2.62. The van der Waals surface area contributed by atoms with Gasteiger partial charge in [0.2, 0.25) is 0 Å². The Morgan fingerprint density at radius 3 is 2.58 bits per heavy atom. The van der Waals surface area contributed by atoms with Gasteiger partial charge in [0.05, 0.1) is 11.3 Å². The van der Waals surface area contributed by atoms with E-state index in [1.54, 1.807) is 0 Å². The van der Waals surface area contributed by atoms with Gasteiger partial charge >= 0.3 is 0 Å². The molecule has 5 atom stereocenters. The Morgan fingerprint density at radius 2 is 1.83 bits per heavy atom. The molecule has 0 aromatic heterocycles. The van der Waals surface area contributed by atoms with Crippen LogP contribution in [0.3, 0.4) is 0 Å². The van der Waals surface area contributed by atoms with Crippen LogP contribution in [-0.4, -0.2) is 21.6 Å². The minimum atomic E-state index is -0.560. The fourth-order valence-corrected chi connectivity index (χ4v) is 6.82. The van der Waals surface area contributed by atoms with E-state index in [1.807, 2.05) is 6.92 Å². The van der Waals surface area contributed by atoms with Crippen molar-refractivity contribution in [2.45, 2.75) is 77.7 Å². The fourth-order valence-electron chi connectivity index (χ4n) is 6.82. The van der Waals surface area contributed by atoms with E-state index in [-0.39, 0.29) is 10.8 Å². The summed E-state index contributed by atoms with van der Waals surface area (Å²) in [5.74, 6) is 0.780. The summed E-state index contributed by atoms with van der Waals surface area (Å²) in [5, 5.41) is 24.7. The van der Waals surface area contributed by atoms with Crippen LogP contribution in [0.15, 0.2) is 28.5 Å². The highest BCUT2D eigenvalue weighted by atomic mass is 16.4. The largest absolute Gasteiger partial charge is 0.411 e. The molecule has 0 spiro atoms. The molecule has 4 aliphatic carbocycles. The van der Waals surface area contributed by atoms with E-state index in [1.165, 1.54) is 30.4 Å². The summed E-state index contributed by atoms with van der Waals surface area (Å²) in [5.41, 5.74) is 2.94. The average molecular weight is 329 g/mol. The van der Waals surface area contributed by atoms with E-state index in [4.69, 9.17) is 0 Å². The first-order chi connectivity index (χ1) is 11.4. The Kier molecular flexibility index (Phi) is 3.55. The summed E-state index contributed by atoms with van der Waals surface area (Å²) >= 11 is 0. The molecule has 4 rings (SSSR count). The SMILES string of the molecule is C/C(=N/O)C1=CC[C@H]2[C@@H]3CC=C4CCCC[C@]4(C)[C@@]3(O)CC[C@]12C. The molecule has 0 amide bonds. The van der Waals surface area contributed by atoms with Gasteiger partial charge in [-0.25, -0.2) is 0 Å². The van der Waals surface area contributed by atoms with Crippen LogP contribution in [0, 0.1) is 22.7 Å². The van der Waals surface area contributed by atoms with E-state index in [0.29, 0.717) is 11.8 Å². The Balaban J connectivity index is 1.74. The van der Waals surface area contributed by atoms with Crippen LogP contribution in [0.2, 0.25) is 0 Å².